The Morgan fingerprint density at radius 1 is 0.469 bits per heavy atom. The average molecular weight is 1350 g/mol. The van der Waals surface area contributed by atoms with Crippen LogP contribution < -0.4 is 9.47 Å². The van der Waals surface area contributed by atoms with Crippen LogP contribution in [-0.4, -0.2) is 25.8 Å². The summed E-state index contributed by atoms with van der Waals surface area (Å²) in [5.41, 5.74) is 12.5. The van der Waals surface area contributed by atoms with Crippen LogP contribution in [0.3, 0.4) is 0 Å². The molecular weight excluding hydrogens is 1300 g/mol. The Labute approximate surface area is 578 Å². The maximum absolute atomic E-state index is 14.9. The van der Waals surface area contributed by atoms with Gasteiger partial charge < -0.3 is 9.47 Å². The zero-order valence-electron chi connectivity index (χ0n) is 52.9. The van der Waals surface area contributed by atoms with E-state index in [2.05, 4.69) is 159 Å². The van der Waals surface area contributed by atoms with Gasteiger partial charge in [-0.05, 0) is 167 Å². The van der Waals surface area contributed by atoms with E-state index in [1.807, 2.05) is 30.3 Å². The van der Waals surface area contributed by atoms with Crippen LogP contribution in [0.5, 0.6) is 11.5 Å². The summed E-state index contributed by atoms with van der Waals surface area (Å²) < 4.78 is 42.1. The van der Waals surface area contributed by atoms with Crippen molar-refractivity contribution in [1.82, 2.24) is 0 Å². The van der Waals surface area contributed by atoms with Crippen molar-refractivity contribution in [2.24, 2.45) is 0 Å². The molecule has 0 N–H and O–H groups in total. The summed E-state index contributed by atoms with van der Waals surface area (Å²) in [5, 5.41) is 40.6. The molecule has 0 spiro atoms. The molecule has 0 aliphatic heterocycles. The number of ketones is 2. The highest BCUT2D eigenvalue weighted by Gasteiger charge is 2.53. The molecule has 0 bridgehead atoms. The molecule has 0 saturated carbocycles. The van der Waals surface area contributed by atoms with Gasteiger partial charge in [0.2, 0.25) is 5.69 Å². The normalized spacial score (nSPS) is 15.2. The number of fused-ring (bicyclic) bond motifs is 8. The third-order valence-electron chi connectivity index (χ3n) is 19.0. The van der Waals surface area contributed by atoms with Crippen molar-refractivity contribution in [2.75, 3.05) is 14.2 Å². The van der Waals surface area contributed by atoms with Crippen LogP contribution in [-0.2, 0) is 10.8 Å². The Morgan fingerprint density at radius 2 is 0.867 bits per heavy atom. The van der Waals surface area contributed by atoms with Crippen LogP contribution in [0.15, 0.2) is 180 Å². The number of halogens is 2. The second-order valence-electron chi connectivity index (χ2n) is 24.4. The fraction of sp³-hybridized carbons (Fsp3) is 0.0976. The second kappa shape index (κ2) is 23.4. The van der Waals surface area contributed by atoms with E-state index >= 15 is 0 Å². The van der Waals surface area contributed by atoms with Crippen LogP contribution in [0.2, 0.25) is 0 Å². The molecule has 15 rings (SSSR count). The molecule has 4 heterocycles. The molecule has 11 aromatic rings. The number of hydrogen-bond acceptors (Lipinski definition) is 12. The summed E-state index contributed by atoms with van der Waals surface area (Å²) in [5.74, 6) is -2.53. The van der Waals surface area contributed by atoms with Gasteiger partial charge in [-0.25, -0.2) is 23.7 Å². The van der Waals surface area contributed by atoms with Crippen molar-refractivity contribution >= 4 is 85.9 Å². The van der Waals surface area contributed by atoms with Gasteiger partial charge in [0.1, 0.15) is 29.2 Å². The van der Waals surface area contributed by atoms with Crippen LogP contribution >= 0.6 is 45.3 Å². The number of hydrogen-bond donors (Lipinski definition) is 0. The van der Waals surface area contributed by atoms with Crippen LogP contribution in [0.1, 0.15) is 114 Å². The van der Waals surface area contributed by atoms with Crippen molar-refractivity contribution in [2.45, 2.75) is 38.5 Å². The smallest absolute Gasteiger partial charge is 0.270 e. The third-order valence-corrected chi connectivity index (χ3v) is 23.8. The average Bonchev–Trinajstić information content (AvgIpc) is 1.50. The quantitative estimate of drug-likeness (QED) is 0.0744. The number of rotatable bonds is 10. The first-order chi connectivity index (χ1) is 47.4. The molecule has 10 nitrogen and oxygen atoms in total. The Morgan fingerprint density at radius 3 is 1.24 bits per heavy atom. The number of nitriles is 4. The van der Waals surface area contributed by atoms with Gasteiger partial charge in [0.05, 0.1) is 65.7 Å². The molecule has 0 amide bonds. The molecule has 4 aliphatic carbocycles. The van der Waals surface area contributed by atoms with Crippen molar-refractivity contribution in [3.05, 3.63) is 319 Å². The van der Waals surface area contributed by atoms with Gasteiger partial charge in [0.25, 0.3) is 5.70 Å². The van der Waals surface area contributed by atoms with Gasteiger partial charge in [0.15, 0.2) is 23.2 Å². The molecule has 4 aliphatic rings. The van der Waals surface area contributed by atoms with Crippen LogP contribution in [0.25, 0.3) is 73.4 Å². The number of benzene rings is 7. The van der Waals surface area contributed by atoms with E-state index in [-0.39, 0.29) is 61.5 Å². The third kappa shape index (κ3) is 9.12. The Kier molecular flexibility index (Phi) is 14.9. The standard InChI is InChI=1S/C82H46F2N6O4S4/c1-41-9-17-47(18-10-41)81(48-19-11-42(2)12-20-48)61-31-58-62(30-57(61)77-63(81)35-71(97-77)79-69(93-7)28-51(95-79)26-59-73(46(38-86)39-87)53-32-65(83)66(84)33-56(53)76(59)92)82(49-21-13-43(3)14-22-49,50-23-15-44(4)16-24-50)64-36-72(98-78(58)64)80-70(94-8)29-52(96-80)27-60-74(68(40-88)90-6)54-34-67(89-5)45(37-85)25-55(54)75(60)91/h9-36H,1-4,7-8H3/b59-26-,60-27-,74-68+. The lowest BCUT2D eigenvalue weighted by Gasteiger charge is -2.35. The largest absolute Gasteiger partial charge is 0.495 e. The van der Waals surface area contributed by atoms with E-state index in [1.54, 1.807) is 55.1 Å². The highest BCUT2D eigenvalue weighted by atomic mass is 32.1. The Bertz CT molecular complexity index is 5710. The first-order valence-corrected chi connectivity index (χ1v) is 33.9. The summed E-state index contributed by atoms with van der Waals surface area (Å²) in [6.45, 7) is 24.1. The lowest BCUT2D eigenvalue weighted by Crippen LogP contribution is -2.30. The number of carbonyl (C=O) groups excluding carboxylic acids is 2. The zero-order chi connectivity index (χ0) is 68.4. The molecule has 0 unspecified atom stereocenters. The maximum Gasteiger partial charge on any atom is 0.270 e. The molecule has 0 atom stereocenters. The lowest BCUT2D eigenvalue weighted by molar-refractivity contribution is 0.103. The molecule has 16 heteroatoms. The molecule has 0 fully saturated rings. The molecule has 466 valence electrons. The van der Waals surface area contributed by atoms with E-state index in [0.29, 0.717) is 21.3 Å². The monoisotopic (exact) mass is 1340 g/mol. The van der Waals surface area contributed by atoms with Gasteiger partial charge in [-0.1, -0.05) is 119 Å². The maximum atomic E-state index is 14.9. The number of ether oxygens (including phenoxy) is 2. The Balaban J connectivity index is 0.970. The fourth-order valence-corrected chi connectivity index (χ4v) is 19.3. The minimum absolute atomic E-state index is 0.00561. The number of allylic oxidation sites excluding steroid dienone is 6. The summed E-state index contributed by atoms with van der Waals surface area (Å²) in [7, 11) is 3.17. The van der Waals surface area contributed by atoms with Crippen molar-refractivity contribution in [3.8, 4) is 76.2 Å². The summed E-state index contributed by atoms with van der Waals surface area (Å²) in [6.07, 6.45) is 3.22. The summed E-state index contributed by atoms with van der Waals surface area (Å²) in [4.78, 5) is 42.3. The number of thiophene rings is 4. The number of aryl methyl sites for hydroxylation is 4. The van der Waals surface area contributed by atoms with E-state index in [9.17, 15) is 39.4 Å². The summed E-state index contributed by atoms with van der Waals surface area (Å²) >= 11 is 6.03. The predicted octanol–water partition coefficient (Wildman–Crippen LogP) is 20.5. The molecule has 4 aromatic heterocycles. The number of Topliss-reactive ketones (excluding diaryl/α,β-unsaturated/α-hetero) is 2. The SMILES string of the molecule is [C-]#[N+]/C(C#N)=C1/C(=C/c2cc(OC)c(-c3cc4c(s3)-c3cc5c(cc3C4(c3ccc(C)cc3)c3ccc(C)cc3)-c3sc(-c4sc(/C=C6\C(=O)c7cc(F)c(F)cc7C6=C(C#N)C#N)cc4OC)cc3C5(c3ccc(C)cc3)c3ccc(C)cc3)s2)C(=O)c2cc(C#N)c([N+]#[C-])cc21. The van der Waals surface area contributed by atoms with Gasteiger partial charge in [-0.15, -0.1) is 45.3 Å². The predicted molar refractivity (Wildman–Crippen MR) is 381 cm³/mol. The topological polar surface area (TPSA) is 156 Å². The summed E-state index contributed by atoms with van der Waals surface area (Å²) in [6, 6.07) is 60.1. The number of nitrogens with zero attached hydrogens (tertiary/aromatic N) is 6. The lowest BCUT2D eigenvalue weighted by atomic mass is 9.65. The van der Waals surface area contributed by atoms with Gasteiger partial charge >= 0.3 is 0 Å². The Hall–Kier alpha value is -12.0. The van der Waals surface area contributed by atoms with Crippen molar-refractivity contribution in [1.29, 1.82) is 21.0 Å². The van der Waals surface area contributed by atoms with Crippen LogP contribution in [0, 0.1) is 97.8 Å². The van der Waals surface area contributed by atoms with Gasteiger partial charge in [-0.2, -0.15) is 15.8 Å². The highest BCUT2D eigenvalue weighted by molar-refractivity contribution is 7.25. The molecule has 7 aromatic carbocycles. The molecule has 98 heavy (non-hydrogen) atoms. The fourth-order valence-electron chi connectivity index (χ4n) is 14.5. The zero-order valence-corrected chi connectivity index (χ0v) is 56.1. The number of methoxy groups -OCH3 is 2. The van der Waals surface area contributed by atoms with E-state index in [0.717, 1.165) is 119 Å². The van der Waals surface area contributed by atoms with Gasteiger partial charge in [0, 0.05) is 62.7 Å². The van der Waals surface area contributed by atoms with E-state index < -0.39 is 39.6 Å². The number of carbonyl (C=O) groups is 2. The molecule has 0 radical (unpaired) electrons. The van der Waals surface area contributed by atoms with Crippen LogP contribution in [0.4, 0.5) is 14.5 Å². The van der Waals surface area contributed by atoms with Crippen molar-refractivity contribution in [3.63, 3.8) is 0 Å². The van der Waals surface area contributed by atoms with Gasteiger partial charge in [-0.3, -0.25) is 9.59 Å². The van der Waals surface area contributed by atoms with E-state index in [4.69, 9.17) is 22.6 Å². The highest BCUT2D eigenvalue weighted by Crippen LogP contribution is 2.67. The second-order valence-corrected chi connectivity index (χ2v) is 28.6. The minimum Gasteiger partial charge on any atom is -0.495 e. The first-order valence-electron chi connectivity index (χ1n) is 30.6. The molecule has 0 saturated heterocycles. The first kappa shape index (κ1) is 62.2. The van der Waals surface area contributed by atoms with Crippen molar-refractivity contribution < 1.29 is 27.8 Å². The minimum atomic E-state index is -1.23. The molecular formula is C82H46F2N6O4S4. The van der Waals surface area contributed by atoms with E-state index in [1.165, 1.54) is 34.8 Å².